The molecular formula is C24H30ClN3O3. The summed E-state index contributed by atoms with van der Waals surface area (Å²) in [5.41, 5.74) is 2.20. The molecule has 2 atom stereocenters. The van der Waals surface area contributed by atoms with E-state index >= 15 is 0 Å². The van der Waals surface area contributed by atoms with Crippen LogP contribution in [0.25, 0.3) is 0 Å². The zero-order valence-electron chi connectivity index (χ0n) is 18.2. The Morgan fingerprint density at radius 1 is 0.968 bits per heavy atom. The van der Waals surface area contributed by atoms with Crippen molar-refractivity contribution in [1.82, 2.24) is 15.0 Å². The molecule has 3 aromatic rings. The van der Waals surface area contributed by atoms with Gasteiger partial charge in [-0.3, -0.25) is 0 Å². The van der Waals surface area contributed by atoms with Crippen LogP contribution in [0.1, 0.15) is 31.9 Å². The topological polar surface area (TPSA) is 69.4 Å². The van der Waals surface area contributed by atoms with Gasteiger partial charge in [-0.2, -0.15) is 0 Å². The maximum Gasteiger partial charge on any atom is 0.119 e. The lowest BCUT2D eigenvalue weighted by Crippen LogP contribution is -2.24. The standard InChI is InChI=1S/C24H30ClN3O3/c1-18(14-25)16-30-22-8-4-19(5-9-22)24(2,3)20-6-10-23(11-7-20)31-17-21(29)15-28-13-12-26-27-28/h4-13,18,21,29H,14-17H2,1-3H3/t18-,21+/m0/s1. The Kier molecular flexibility index (Phi) is 7.93. The summed E-state index contributed by atoms with van der Waals surface area (Å²) >= 11 is 5.84. The molecule has 0 aliphatic rings. The quantitative estimate of drug-likeness (QED) is 0.447. The first-order valence-electron chi connectivity index (χ1n) is 10.4. The molecular weight excluding hydrogens is 414 g/mol. The number of benzene rings is 2. The highest BCUT2D eigenvalue weighted by Gasteiger charge is 2.23. The summed E-state index contributed by atoms with van der Waals surface area (Å²) in [6.07, 6.45) is 2.63. The van der Waals surface area contributed by atoms with Crippen molar-refractivity contribution in [1.29, 1.82) is 0 Å². The van der Waals surface area contributed by atoms with E-state index in [4.69, 9.17) is 21.1 Å². The number of hydrogen-bond acceptors (Lipinski definition) is 5. The van der Waals surface area contributed by atoms with Crippen molar-refractivity contribution in [3.05, 3.63) is 72.1 Å². The number of hydrogen-bond donors (Lipinski definition) is 1. The van der Waals surface area contributed by atoms with Crippen LogP contribution in [0.3, 0.4) is 0 Å². The molecule has 1 N–H and O–H groups in total. The molecule has 1 heterocycles. The van der Waals surface area contributed by atoms with Crippen molar-refractivity contribution in [2.45, 2.75) is 38.8 Å². The SMILES string of the molecule is C[C@@H](CCl)COc1ccc(C(C)(C)c2ccc(OC[C@H](O)Cn3ccnn3)cc2)cc1. The fourth-order valence-electron chi connectivity index (χ4n) is 3.18. The van der Waals surface area contributed by atoms with Gasteiger partial charge in [-0.15, -0.1) is 16.7 Å². The molecule has 166 valence electrons. The molecule has 0 saturated carbocycles. The summed E-state index contributed by atoms with van der Waals surface area (Å²) in [6, 6.07) is 16.2. The predicted molar refractivity (Wildman–Crippen MR) is 122 cm³/mol. The van der Waals surface area contributed by atoms with Crippen molar-refractivity contribution in [2.24, 2.45) is 5.92 Å². The van der Waals surface area contributed by atoms with Crippen LogP contribution in [0.15, 0.2) is 60.9 Å². The van der Waals surface area contributed by atoms with Gasteiger partial charge in [-0.1, -0.05) is 50.3 Å². The summed E-state index contributed by atoms with van der Waals surface area (Å²) in [5.74, 6) is 2.48. The molecule has 0 aliphatic heterocycles. The Bertz CT molecular complexity index is 912. The van der Waals surface area contributed by atoms with Crippen molar-refractivity contribution in [2.75, 3.05) is 19.1 Å². The minimum Gasteiger partial charge on any atom is -0.493 e. The second-order valence-electron chi connectivity index (χ2n) is 8.33. The monoisotopic (exact) mass is 443 g/mol. The van der Waals surface area contributed by atoms with Crippen LogP contribution in [-0.2, 0) is 12.0 Å². The molecule has 0 amide bonds. The van der Waals surface area contributed by atoms with Crippen molar-refractivity contribution in [3.8, 4) is 11.5 Å². The fourth-order valence-corrected chi connectivity index (χ4v) is 3.27. The second kappa shape index (κ2) is 10.6. The number of nitrogens with zero attached hydrogens (tertiary/aromatic N) is 3. The molecule has 0 fully saturated rings. The molecule has 7 heteroatoms. The van der Waals surface area contributed by atoms with E-state index in [1.54, 1.807) is 17.1 Å². The Morgan fingerprint density at radius 2 is 1.52 bits per heavy atom. The fraction of sp³-hybridized carbons (Fsp3) is 0.417. The molecule has 6 nitrogen and oxygen atoms in total. The maximum atomic E-state index is 10.1. The first-order valence-corrected chi connectivity index (χ1v) is 11.0. The molecule has 0 spiro atoms. The Morgan fingerprint density at radius 3 is 2.00 bits per heavy atom. The number of alkyl halides is 1. The number of rotatable bonds is 11. The number of ether oxygens (including phenoxy) is 2. The molecule has 0 bridgehead atoms. The third-order valence-corrected chi connectivity index (χ3v) is 5.79. The highest BCUT2D eigenvalue weighted by Crippen LogP contribution is 2.33. The molecule has 2 aromatic carbocycles. The van der Waals surface area contributed by atoms with Crippen LogP contribution in [0.2, 0.25) is 0 Å². The molecule has 31 heavy (non-hydrogen) atoms. The smallest absolute Gasteiger partial charge is 0.119 e. The average Bonchev–Trinajstić information content (AvgIpc) is 3.29. The van der Waals surface area contributed by atoms with E-state index in [2.05, 4.69) is 55.3 Å². The van der Waals surface area contributed by atoms with Crippen LogP contribution in [0.4, 0.5) is 0 Å². The van der Waals surface area contributed by atoms with E-state index in [1.807, 2.05) is 24.3 Å². The van der Waals surface area contributed by atoms with E-state index < -0.39 is 6.10 Å². The molecule has 1 aromatic heterocycles. The van der Waals surface area contributed by atoms with E-state index in [-0.39, 0.29) is 12.0 Å². The summed E-state index contributed by atoms with van der Waals surface area (Å²) in [7, 11) is 0. The van der Waals surface area contributed by atoms with E-state index in [0.717, 1.165) is 5.75 Å². The lowest BCUT2D eigenvalue weighted by molar-refractivity contribution is 0.0888. The van der Waals surface area contributed by atoms with E-state index in [0.29, 0.717) is 30.7 Å². The van der Waals surface area contributed by atoms with Gasteiger partial charge in [0.15, 0.2) is 0 Å². The lowest BCUT2D eigenvalue weighted by atomic mass is 9.78. The van der Waals surface area contributed by atoms with Gasteiger partial charge >= 0.3 is 0 Å². The zero-order valence-corrected chi connectivity index (χ0v) is 19.0. The van der Waals surface area contributed by atoms with Gasteiger partial charge in [-0.05, 0) is 35.4 Å². The lowest BCUT2D eigenvalue weighted by Gasteiger charge is -2.26. The third-order valence-electron chi connectivity index (χ3n) is 5.26. The van der Waals surface area contributed by atoms with Gasteiger partial charge in [0.25, 0.3) is 0 Å². The first-order chi connectivity index (χ1) is 14.9. The number of aliphatic hydroxyl groups is 1. The van der Waals surface area contributed by atoms with Crippen LogP contribution >= 0.6 is 11.6 Å². The van der Waals surface area contributed by atoms with Crippen molar-refractivity contribution < 1.29 is 14.6 Å². The molecule has 0 radical (unpaired) electrons. The Balaban J connectivity index is 1.57. The third kappa shape index (κ3) is 6.45. The van der Waals surface area contributed by atoms with Gasteiger partial charge in [0, 0.05) is 23.4 Å². The summed E-state index contributed by atoms with van der Waals surface area (Å²) < 4.78 is 13.1. The van der Waals surface area contributed by atoms with E-state index in [1.165, 1.54) is 11.1 Å². The minimum atomic E-state index is -0.661. The van der Waals surface area contributed by atoms with Crippen LogP contribution in [0.5, 0.6) is 11.5 Å². The highest BCUT2D eigenvalue weighted by atomic mass is 35.5. The Labute approximate surface area is 188 Å². The molecule has 0 saturated heterocycles. The minimum absolute atomic E-state index is 0.174. The zero-order chi connectivity index (χ0) is 22.3. The molecule has 3 rings (SSSR count). The average molecular weight is 444 g/mol. The van der Waals surface area contributed by atoms with Crippen LogP contribution in [0, 0.1) is 5.92 Å². The largest absolute Gasteiger partial charge is 0.493 e. The van der Waals surface area contributed by atoms with Crippen LogP contribution < -0.4 is 9.47 Å². The maximum absolute atomic E-state index is 10.1. The summed E-state index contributed by atoms with van der Waals surface area (Å²) in [5, 5.41) is 17.7. The van der Waals surface area contributed by atoms with Crippen molar-refractivity contribution >= 4 is 11.6 Å². The molecule has 0 aliphatic carbocycles. The Hall–Kier alpha value is -2.57. The van der Waals surface area contributed by atoms with Crippen LogP contribution in [-0.4, -0.2) is 45.3 Å². The van der Waals surface area contributed by atoms with Crippen molar-refractivity contribution in [3.63, 3.8) is 0 Å². The predicted octanol–water partition coefficient (Wildman–Crippen LogP) is 4.30. The first kappa shape index (κ1) is 23.1. The number of halogens is 1. The van der Waals surface area contributed by atoms with E-state index in [9.17, 15) is 5.11 Å². The van der Waals surface area contributed by atoms with Gasteiger partial charge in [-0.25, -0.2) is 4.68 Å². The molecule has 0 unspecified atom stereocenters. The van der Waals surface area contributed by atoms with Gasteiger partial charge in [0.05, 0.1) is 19.3 Å². The highest BCUT2D eigenvalue weighted by molar-refractivity contribution is 6.18. The van der Waals surface area contributed by atoms with Gasteiger partial charge < -0.3 is 14.6 Å². The number of aliphatic hydroxyl groups excluding tert-OH is 1. The number of aromatic nitrogens is 3. The summed E-state index contributed by atoms with van der Waals surface area (Å²) in [4.78, 5) is 0. The van der Waals surface area contributed by atoms with Gasteiger partial charge in [0.2, 0.25) is 0 Å². The normalized spacial score (nSPS) is 13.6. The second-order valence-corrected chi connectivity index (χ2v) is 8.64. The summed E-state index contributed by atoms with van der Waals surface area (Å²) in [6.45, 7) is 7.59. The van der Waals surface area contributed by atoms with Gasteiger partial charge in [0.1, 0.15) is 24.2 Å².